The van der Waals surface area contributed by atoms with Gasteiger partial charge in [0.15, 0.2) is 0 Å². The molecule has 5 nitrogen and oxygen atoms in total. The standard InChI is InChI=1S/C12H23NO4S2/c1-3-18-7-5-9(11(14)15)13-10(12(16)17)6-8-19-4-2/h9-10,13H,3-8H2,1-2H3,(H,14,15)(H,16,17). The second kappa shape index (κ2) is 11.4. The van der Waals surface area contributed by atoms with Gasteiger partial charge in [-0.15, -0.1) is 0 Å². The quantitative estimate of drug-likeness (QED) is 0.474. The zero-order valence-corrected chi connectivity index (χ0v) is 13.1. The second-order valence-corrected chi connectivity index (χ2v) is 6.71. The fraction of sp³-hybridized carbons (Fsp3) is 0.833. The first kappa shape index (κ1) is 18.6. The van der Waals surface area contributed by atoms with Crippen molar-refractivity contribution in [1.82, 2.24) is 5.32 Å². The molecule has 0 aliphatic carbocycles. The van der Waals surface area contributed by atoms with Crippen molar-refractivity contribution in [3.05, 3.63) is 0 Å². The Hall–Kier alpha value is -0.400. The average molecular weight is 309 g/mol. The van der Waals surface area contributed by atoms with Crippen LogP contribution in [0.2, 0.25) is 0 Å². The highest BCUT2D eigenvalue weighted by molar-refractivity contribution is 7.99. The smallest absolute Gasteiger partial charge is 0.320 e. The van der Waals surface area contributed by atoms with E-state index in [2.05, 4.69) is 5.32 Å². The molecule has 7 heteroatoms. The van der Waals surface area contributed by atoms with Gasteiger partial charge in [0.1, 0.15) is 12.1 Å². The molecule has 0 heterocycles. The first-order chi connectivity index (χ1) is 9.02. The van der Waals surface area contributed by atoms with Crippen molar-refractivity contribution in [2.45, 2.75) is 38.8 Å². The molecule has 0 aromatic rings. The lowest BCUT2D eigenvalue weighted by molar-refractivity contribution is -0.142. The van der Waals surface area contributed by atoms with E-state index in [-0.39, 0.29) is 0 Å². The summed E-state index contributed by atoms with van der Waals surface area (Å²) in [6, 6.07) is -1.57. The lowest BCUT2D eigenvalue weighted by Gasteiger charge is -2.20. The molecule has 3 N–H and O–H groups in total. The maximum atomic E-state index is 11.1. The van der Waals surface area contributed by atoms with E-state index in [4.69, 9.17) is 10.2 Å². The van der Waals surface area contributed by atoms with Crippen LogP contribution < -0.4 is 5.32 Å². The Balaban J connectivity index is 4.31. The molecular weight excluding hydrogens is 286 g/mol. The summed E-state index contributed by atoms with van der Waals surface area (Å²) in [5.41, 5.74) is 0. The fourth-order valence-corrected chi connectivity index (χ4v) is 2.87. The maximum absolute atomic E-state index is 11.1. The Kier molecular flexibility index (Phi) is 11.2. The summed E-state index contributed by atoms with van der Waals surface area (Å²) >= 11 is 3.31. The largest absolute Gasteiger partial charge is 0.480 e. The van der Waals surface area contributed by atoms with Crippen molar-refractivity contribution in [3.63, 3.8) is 0 Å². The molecule has 0 aromatic heterocycles. The number of carbonyl (C=O) groups is 2. The molecule has 2 unspecified atom stereocenters. The number of rotatable bonds is 12. The summed E-state index contributed by atoms with van der Waals surface area (Å²) in [4.78, 5) is 22.2. The van der Waals surface area contributed by atoms with Crippen LogP contribution in [0, 0.1) is 0 Å². The normalized spacial score (nSPS) is 14.0. The lowest BCUT2D eigenvalue weighted by atomic mass is 10.1. The van der Waals surface area contributed by atoms with Crippen LogP contribution in [0.3, 0.4) is 0 Å². The van der Waals surface area contributed by atoms with Gasteiger partial charge in [0.2, 0.25) is 0 Å². The van der Waals surface area contributed by atoms with Crippen molar-refractivity contribution < 1.29 is 19.8 Å². The fourth-order valence-electron chi connectivity index (χ4n) is 1.49. The van der Waals surface area contributed by atoms with Crippen molar-refractivity contribution in [2.24, 2.45) is 0 Å². The van der Waals surface area contributed by atoms with E-state index in [1.54, 1.807) is 23.5 Å². The van der Waals surface area contributed by atoms with Gasteiger partial charge in [-0.2, -0.15) is 23.5 Å². The molecule has 0 aliphatic rings. The number of aliphatic carboxylic acids is 2. The van der Waals surface area contributed by atoms with Crippen LogP contribution in [0.15, 0.2) is 0 Å². The highest BCUT2D eigenvalue weighted by Gasteiger charge is 2.25. The third-order valence-electron chi connectivity index (χ3n) is 2.51. The van der Waals surface area contributed by atoms with Crippen LogP contribution in [0.5, 0.6) is 0 Å². The van der Waals surface area contributed by atoms with E-state index < -0.39 is 24.0 Å². The number of carboxylic acid groups (broad SMARTS) is 2. The van der Waals surface area contributed by atoms with Crippen LogP contribution in [0.4, 0.5) is 0 Å². The van der Waals surface area contributed by atoms with Crippen LogP contribution in [0.25, 0.3) is 0 Å². The number of thioether (sulfide) groups is 2. The molecule has 0 aliphatic heterocycles. The molecule has 0 amide bonds. The summed E-state index contributed by atoms with van der Waals surface area (Å²) in [5, 5.41) is 21.0. The predicted octanol–water partition coefficient (Wildman–Crippen LogP) is 1.77. The average Bonchev–Trinajstić information content (AvgIpc) is 2.35. The molecule has 0 rings (SSSR count). The molecule has 0 saturated carbocycles. The van der Waals surface area contributed by atoms with Crippen LogP contribution in [-0.4, -0.2) is 57.2 Å². The molecule has 0 radical (unpaired) electrons. The number of hydrogen-bond donors (Lipinski definition) is 3. The molecule has 0 saturated heterocycles. The third kappa shape index (κ3) is 9.18. The highest BCUT2D eigenvalue weighted by atomic mass is 32.2. The third-order valence-corrected chi connectivity index (χ3v) is 4.37. The Morgan fingerprint density at radius 2 is 1.32 bits per heavy atom. The summed E-state index contributed by atoms with van der Waals surface area (Å²) < 4.78 is 0. The van der Waals surface area contributed by atoms with E-state index in [9.17, 15) is 9.59 Å². The Bertz CT molecular complexity index is 250. The van der Waals surface area contributed by atoms with E-state index in [1.807, 2.05) is 13.8 Å². The van der Waals surface area contributed by atoms with Gasteiger partial charge in [-0.05, 0) is 35.9 Å². The molecule has 112 valence electrons. The Morgan fingerprint density at radius 1 is 0.947 bits per heavy atom. The van der Waals surface area contributed by atoms with E-state index in [1.165, 1.54) is 0 Å². The van der Waals surface area contributed by atoms with Gasteiger partial charge in [0.05, 0.1) is 0 Å². The van der Waals surface area contributed by atoms with Gasteiger partial charge in [-0.3, -0.25) is 14.9 Å². The lowest BCUT2D eigenvalue weighted by Crippen LogP contribution is -2.47. The minimum Gasteiger partial charge on any atom is -0.480 e. The monoisotopic (exact) mass is 309 g/mol. The predicted molar refractivity (Wildman–Crippen MR) is 81.2 cm³/mol. The van der Waals surface area contributed by atoms with Gasteiger partial charge in [-0.25, -0.2) is 0 Å². The van der Waals surface area contributed by atoms with Crippen molar-refractivity contribution in [2.75, 3.05) is 23.0 Å². The SMILES string of the molecule is CCSCCC(NC(CCSCC)C(=O)O)C(=O)O. The van der Waals surface area contributed by atoms with Crippen molar-refractivity contribution in [3.8, 4) is 0 Å². The summed E-state index contributed by atoms with van der Waals surface area (Å²) in [5.74, 6) is 1.34. The van der Waals surface area contributed by atoms with Crippen molar-refractivity contribution >= 4 is 35.5 Å². The molecular formula is C12H23NO4S2. The first-order valence-corrected chi connectivity index (χ1v) is 8.70. The van der Waals surface area contributed by atoms with E-state index in [0.717, 1.165) is 23.0 Å². The highest BCUT2D eigenvalue weighted by Crippen LogP contribution is 2.09. The summed E-state index contributed by atoms with van der Waals surface area (Å²) in [7, 11) is 0. The number of hydrogen-bond acceptors (Lipinski definition) is 5. The first-order valence-electron chi connectivity index (χ1n) is 6.40. The van der Waals surface area contributed by atoms with E-state index >= 15 is 0 Å². The minimum absolute atomic E-state index is 0.443. The Labute approximate surface area is 122 Å². The van der Waals surface area contributed by atoms with Gasteiger partial charge in [0, 0.05) is 0 Å². The van der Waals surface area contributed by atoms with Gasteiger partial charge in [0.25, 0.3) is 0 Å². The zero-order chi connectivity index (χ0) is 14.7. The number of nitrogens with one attached hydrogen (secondary N) is 1. The molecule has 2 atom stereocenters. The van der Waals surface area contributed by atoms with Crippen LogP contribution >= 0.6 is 23.5 Å². The zero-order valence-electron chi connectivity index (χ0n) is 11.4. The molecule has 19 heavy (non-hydrogen) atoms. The van der Waals surface area contributed by atoms with Crippen LogP contribution in [0.1, 0.15) is 26.7 Å². The molecule has 0 fully saturated rings. The summed E-state index contributed by atoms with van der Waals surface area (Å²) in [6.45, 7) is 4.02. The van der Waals surface area contributed by atoms with Crippen LogP contribution in [-0.2, 0) is 9.59 Å². The molecule has 0 bridgehead atoms. The van der Waals surface area contributed by atoms with Gasteiger partial charge >= 0.3 is 11.9 Å². The van der Waals surface area contributed by atoms with Crippen molar-refractivity contribution in [1.29, 1.82) is 0 Å². The molecule has 0 spiro atoms. The second-order valence-electron chi connectivity index (χ2n) is 3.92. The van der Waals surface area contributed by atoms with Gasteiger partial charge in [-0.1, -0.05) is 13.8 Å². The van der Waals surface area contributed by atoms with Gasteiger partial charge < -0.3 is 10.2 Å². The topological polar surface area (TPSA) is 86.6 Å². The van der Waals surface area contributed by atoms with E-state index in [0.29, 0.717) is 12.8 Å². The summed E-state index contributed by atoms with van der Waals surface area (Å²) in [6.07, 6.45) is 0.886. The molecule has 0 aromatic carbocycles. The number of carboxylic acids is 2. The maximum Gasteiger partial charge on any atom is 0.320 e. The Morgan fingerprint density at radius 3 is 1.58 bits per heavy atom. The minimum atomic E-state index is -0.980.